The normalized spacial score (nSPS) is 15.7. The van der Waals surface area contributed by atoms with Crippen molar-refractivity contribution in [3.8, 4) is 5.75 Å². The fourth-order valence-electron chi connectivity index (χ4n) is 4.82. The number of benzene rings is 1. The quantitative estimate of drug-likeness (QED) is 0.245. The first-order valence-electron chi connectivity index (χ1n) is 12.8. The maximum absolute atomic E-state index is 9.72. The fraction of sp³-hybridized carbons (Fsp3) is 0.778. The molecule has 1 aromatic rings. The van der Waals surface area contributed by atoms with E-state index in [9.17, 15) is 5.11 Å². The van der Waals surface area contributed by atoms with Gasteiger partial charge in [0.05, 0.1) is 0 Å². The number of aryl methyl sites for hydroxylation is 1. The summed E-state index contributed by atoms with van der Waals surface area (Å²) in [6.45, 7) is 4.57. The molecule has 0 fully saturated rings. The molecule has 166 valence electrons. The molecule has 0 aromatic heterocycles. The van der Waals surface area contributed by atoms with Crippen molar-refractivity contribution < 1.29 is 5.11 Å². The zero-order chi connectivity index (χ0) is 20.6. The third-order valence-corrected chi connectivity index (χ3v) is 6.71. The molecule has 2 N–H and O–H groups in total. The Morgan fingerprint density at radius 1 is 0.793 bits per heavy atom. The summed E-state index contributed by atoms with van der Waals surface area (Å²) in [4.78, 5) is 0. The SMILES string of the molecule is CCCCCCCCCCCCCCCCNCCC1CCc2ccc(O)cc21. The van der Waals surface area contributed by atoms with Crippen LogP contribution < -0.4 is 5.32 Å². The average Bonchev–Trinajstić information content (AvgIpc) is 3.12. The predicted molar refractivity (Wildman–Crippen MR) is 127 cm³/mol. The molecule has 0 aliphatic heterocycles. The Hall–Kier alpha value is -1.02. The molecule has 2 heteroatoms. The summed E-state index contributed by atoms with van der Waals surface area (Å²) in [6.07, 6.45) is 23.6. The van der Waals surface area contributed by atoms with Crippen LogP contribution in [0.1, 0.15) is 127 Å². The first-order valence-corrected chi connectivity index (χ1v) is 12.8. The first-order chi connectivity index (χ1) is 14.3. The van der Waals surface area contributed by atoms with Crippen LogP contribution in [0.15, 0.2) is 18.2 Å². The molecular weight excluding hydrogens is 354 g/mol. The van der Waals surface area contributed by atoms with E-state index in [0.717, 1.165) is 13.1 Å². The molecule has 29 heavy (non-hydrogen) atoms. The second-order valence-electron chi connectivity index (χ2n) is 9.25. The number of hydrogen-bond acceptors (Lipinski definition) is 2. The van der Waals surface area contributed by atoms with Crippen LogP contribution in [0.5, 0.6) is 5.75 Å². The van der Waals surface area contributed by atoms with Crippen molar-refractivity contribution >= 4 is 0 Å². The van der Waals surface area contributed by atoms with Gasteiger partial charge in [-0.05, 0) is 68.0 Å². The van der Waals surface area contributed by atoms with Gasteiger partial charge < -0.3 is 10.4 Å². The third kappa shape index (κ3) is 10.5. The van der Waals surface area contributed by atoms with Crippen molar-refractivity contribution in [2.24, 2.45) is 0 Å². The van der Waals surface area contributed by atoms with Gasteiger partial charge in [0.25, 0.3) is 0 Å². The van der Waals surface area contributed by atoms with Gasteiger partial charge >= 0.3 is 0 Å². The lowest BCUT2D eigenvalue weighted by Crippen LogP contribution is -2.18. The summed E-state index contributed by atoms with van der Waals surface area (Å²) < 4.78 is 0. The van der Waals surface area contributed by atoms with E-state index in [4.69, 9.17) is 0 Å². The van der Waals surface area contributed by atoms with Gasteiger partial charge in [-0.1, -0.05) is 96.5 Å². The van der Waals surface area contributed by atoms with Gasteiger partial charge in [-0.15, -0.1) is 0 Å². The molecule has 0 spiro atoms. The molecule has 0 amide bonds. The minimum Gasteiger partial charge on any atom is -0.508 e. The minimum absolute atomic E-state index is 0.422. The lowest BCUT2D eigenvalue weighted by atomic mass is 9.97. The molecule has 2 rings (SSSR count). The lowest BCUT2D eigenvalue weighted by molar-refractivity contribution is 0.473. The van der Waals surface area contributed by atoms with E-state index in [1.807, 2.05) is 12.1 Å². The van der Waals surface area contributed by atoms with Crippen LogP contribution in [-0.2, 0) is 6.42 Å². The molecular formula is C27H47NO. The topological polar surface area (TPSA) is 32.3 Å². The number of unbranched alkanes of at least 4 members (excludes halogenated alkanes) is 13. The molecule has 1 aliphatic carbocycles. The Labute approximate surface area is 180 Å². The number of aromatic hydroxyl groups is 1. The summed E-state index contributed by atoms with van der Waals surface area (Å²) in [5, 5.41) is 13.4. The van der Waals surface area contributed by atoms with E-state index in [0.29, 0.717) is 11.7 Å². The highest BCUT2D eigenvalue weighted by Gasteiger charge is 2.22. The van der Waals surface area contributed by atoms with E-state index in [1.165, 1.54) is 120 Å². The number of phenols is 1. The molecule has 0 saturated heterocycles. The van der Waals surface area contributed by atoms with Gasteiger partial charge in [-0.3, -0.25) is 0 Å². The fourth-order valence-corrected chi connectivity index (χ4v) is 4.82. The van der Waals surface area contributed by atoms with Crippen molar-refractivity contribution in [3.05, 3.63) is 29.3 Å². The Kier molecular flexibility index (Phi) is 13.2. The second kappa shape index (κ2) is 15.8. The van der Waals surface area contributed by atoms with Crippen LogP contribution in [0.3, 0.4) is 0 Å². The van der Waals surface area contributed by atoms with Crippen LogP contribution in [0.4, 0.5) is 0 Å². The van der Waals surface area contributed by atoms with Crippen LogP contribution >= 0.6 is 0 Å². The van der Waals surface area contributed by atoms with Crippen molar-refractivity contribution in [2.75, 3.05) is 13.1 Å². The van der Waals surface area contributed by atoms with E-state index < -0.39 is 0 Å². The zero-order valence-electron chi connectivity index (χ0n) is 19.2. The summed E-state index contributed by atoms with van der Waals surface area (Å²) >= 11 is 0. The Bertz CT molecular complexity index is 527. The van der Waals surface area contributed by atoms with E-state index in [-0.39, 0.29) is 0 Å². The maximum Gasteiger partial charge on any atom is 0.115 e. The van der Waals surface area contributed by atoms with Crippen molar-refractivity contribution in [1.29, 1.82) is 0 Å². The number of phenolic OH excluding ortho intramolecular Hbond substituents is 1. The Morgan fingerprint density at radius 3 is 2.00 bits per heavy atom. The molecule has 1 aliphatic rings. The highest BCUT2D eigenvalue weighted by Crippen LogP contribution is 2.36. The number of hydrogen-bond donors (Lipinski definition) is 2. The summed E-state index contributed by atoms with van der Waals surface area (Å²) in [6, 6.07) is 5.92. The summed E-state index contributed by atoms with van der Waals surface area (Å²) in [5.74, 6) is 1.06. The van der Waals surface area contributed by atoms with E-state index in [1.54, 1.807) is 0 Å². The molecule has 0 saturated carbocycles. The Balaban J connectivity index is 1.31. The first kappa shape index (κ1) is 24.3. The number of fused-ring (bicyclic) bond motifs is 1. The summed E-state index contributed by atoms with van der Waals surface area (Å²) in [5.41, 5.74) is 2.84. The highest BCUT2D eigenvalue weighted by molar-refractivity contribution is 5.40. The molecule has 2 nitrogen and oxygen atoms in total. The van der Waals surface area contributed by atoms with Gasteiger partial charge in [-0.25, -0.2) is 0 Å². The molecule has 1 unspecified atom stereocenters. The maximum atomic E-state index is 9.72. The van der Waals surface area contributed by atoms with Gasteiger partial charge in [0, 0.05) is 0 Å². The second-order valence-corrected chi connectivity index (χ2v) is 9.25. The van der Waals surface area contributed by atoms with Crippen LogP contribution in [-0.4, -0.2) is 18.2 Å². The largest absolute Gasteiger partial charge is 0.508 e. The van der Waals surface area contributed by atoms with Crippen LogP contribution in [0.25, 0.3) is 0 Å². The van der Waals surface area contributed by atoms with Crippen LogP contribution in [0, 0.1) is 0 Å². The monoisotopic (exact) mass is 401 g/mol. The highest BCUT2D eigenvalue weighted by atomic mass is 16.3. The molecule has 0 radical (unpaired) electrons. The van der Waals surface area contributed by atoms with E-state index in [2.05, 4.69) is 18.3 Å². The van der Waals surface area contributed by atoms with Gasteiger partial charge in [-0.2, -0.15) is 0 Å². The third-order valence-electron chi connectivity index (χ3n) is 6.71. The zero-order valence-corrected chi connectivity index (χ0v) is 19.2. The van der Waals surface area contributed by atoms with Gasteiger partial charge in [0.1, 0.15) is 5.75 Å². The number of rotatable bonds is 18. The van der Waals surface area contributed by atoms with Crippen molar-refractivity contribution in [2.45, 2.75) is 122 Å². The smallest absolute Gasteiger partial charge is 0.115 e. The van der Waals surface area contributed by atoms with Crippen molar-refractivity contribution in [3.63, 3.8) is 0 Å². The Morgan fingerprint density at radius 2 is 1.38 bits per heavy atom. The molecule has 0 heterocycles. The van der Waals surface area contributed by atoms with Crippen LogP contribution in [0.2, 0.25) is 0 Å². The average molecular weight is 402 g/mol. The van der Waals surface area contributed by atoms with Gasteiger partial charge in [0.15, 0.2) is 0 Å². The summed E-state index contributed by atoms with van der Waals surface area (Å²) in [7, 11) is 0. The molecule has 0 bridgehead atoms. The lowest BCUT2D eigenvalue weighted by Gasteiger charge is -2.12. The molecule has 1 aromatic carbocycles. The van der Waals surface area contributed by atoms with Crippen molar-refractivity contribution in [1.82, 2.24) is 5.32 Å². The standard InChI is InChI=1S/C27H47NO/c1-2-3-4-5-6-7-8-9-10-11-12-13-14-15-21-28-22-20-25-17-16-24-18-19-26(29)23-27(24)25/h18-19,23,25,28-29H,2-17,20-22H2,1H3. The van der Waals surface area contributed by atoms with Gasteiger partial charge in [0.2, 0.25) is 0 Å². The number of nitrogens with one attached hydrogen (secondary N) is 1. The molecule has 1 atom stereocenters. The van der Waals surface area contributed by atoms with E-state index >= 15 is 0 Å². The minimum atomic E-state index is 0.422. The predicted octanol–water partition coefficient (Wildman–Crippen LogP) is 7.88.